The number of aromatic hydroxyl groups is 1. The van der Waals surface area contributed by atoms with Crippen LogP contribution >= 0.6 is 11.8 Å². The third kappa shape index (κ3) is 3.40. The van der Waals surface area contributed by atoms with Crippen LogP contribution in [0.4, 0.5) is 0 Å². The van der Waals surface area contributed by atoms with E-state index in [4.69, 9.17) is 9.52 Å². The first-order chi connectivity index (χ1) is 9.88. The fourth-order valence-electron chi connectivity index (χ4n) is 1.69. The van der Waals surface area contributed by atoms with E-state index in [1.165, 1.54) is 0 Å². The summed E-state index contributed by atoms with van der Waals surface area (Å²) in [5, 5.41) is 18.6. The van der Waals surface area contributed by atoms with Crippen molar-refractivity contribution in [1.82, 2.24) is 9.97 Å². The van der Waals surface area contributed by atoms with Crippen LogP contribution in [0.5, 0.6) is 5.75 Å². The maximum atomic E-state index is 11.3. The molecule has 0 aliphatic carbocycles. The second-order valence-electron chi connectivity index (χ2n) is 4.23. The van der Waals surface area contributed by atoms with Crippen LogP contribution in [-0.2, 0) is 5.75 Å². The number of aryl methyl sites for hydroxylation is 2. The molecule has 2 N–H and O–H groups in total. The average Bonchev–Trinajstić information content (AvgIpc) is 2.38. The minimum atomic E-state index is -1.11. The number of hydrogen-bond acceptors (Lipinski definition) is 7. The van der Waals surface area contributed by atoms with E-state index in [1.54, 1.807) is 13.8 Å². The maximum absolute atomic E-state index is 11.3. The number of hydrogen-bond donors (Lipinski definition) is 2. The van der Waals surface area contributed by atoms with Gasteiger partial charge in [-0.1, -0.05) is 11.8 Å². The Morgan fingerprint density at radius 1 is 1.38 bits per heavy atom. The lowest BCUT2D eigenvalue weighted by molar-refractivity contribution is 0.0690. The molecule has 0 unspecified atom stereocenters. The summed E-state index contributed by atoms with van der Waals surface area (Å²) in [6.07, 6.45) is 0.951. The number of carboxylic acid groups (broad SMARTS) is 1. The molecular formula is C13H12N2O5S. The van der Waals surface area contributed by atoms with E-state index in [0.717, 1.165) is 24.1 Å². The Kier molecular flexibility index (Phi) is 4.27. The summed E-state index contributed by atoms with van der Waals surface area (Å²) in [7, 11) is 0. The van der Waals surface area contributed by atoms with E-state index < -0.39 is 17.1 Å². The minimum absolute atomic E-state index is 0.0340. The van der Waals surface area contributed by atoms with Crippen LogP contribution in [-0.4, -0.2) is 26.2 Å². The smallest absolute Gasteiger partial charge is 0.340 e. The Balaban J connectivity index is 2.29. The third-order valence-corrected chi connectivity index (χ3v) is 3.60. The molecular weight excluding hydrogens is 296 g/mol. The largest absolute Gasteiger partial charge is 0.502 e. The molecule has 0 spiro atoms. The van der Waals surface area contributed by atoms with E-state index in [-0.39, 0.29) is 11.3 Å². The van der Waals surface area contributed by atoms with Gasteiger partial charge in [0.05, 0.1) is 11.4 Å². The lowest BCUT2D eigenvalue weighted by Crippen LogP contribution is -2.08. The van der Waals surface area contributed by atoms with Crippen molar-refractivity contribution >= 4 is 17.7 Å². The van der Waals surface area contributed by atoms with Crippen LogP contribution in [0.3, 0.4) is 0 Å². The molecule has 0 bridgehead atoms. The quantitative estimate of drug-likeness (QED) is 0.648. The normalized spacial score (nSPS) is 10.6. The predicted octanol–water partition coefficient (Wildman–Crippen LogP) is 1.74. The van der Waals surface area contributed by atoms with Crippen molar-refractivity contribution in [3.05, 3.63) is 45.4 Å². The van der Waals surface area contributed by atoms with Crippen molar-refractivity contribution in [2.45, 2.75) is 24.6 Å². The van der Waals surface area contributed by atoms with Gasteiger partial charge in [-0.25, -0.2) is 14.8 Å². The molecule has 0 atom stereocenters. The number of aromatic carboxylic acids is 1. The molecule has 0 radical (unpaired) electrons. The Morgan fingerprint density at radius 3 is 2.71 bits per heavy atom. The standard InChI is InChI=1S/C13H12N2O5S/c1-6-11(13(18)19)12(15-7(2)14-6)21-5-8-3-9(16)10(17)4-20-8/h3-4,17H,5H2,1-2H3,(H,18,19). The third-order valence-electron chi connectivity index (χ3n) is 2.60. The summed E-state index contributed by atoms with van der Waals surface area (Å²) in [5.74, 6) is -0.586. The van der Waals surface area contributed by atoms with Gasteiger partial charge in [0, 0.05) is 6.07 Å². The van der Waals surface area contributed by atoms with Gasteiger partial charge in [-0.3, -0.25) is 4.79 Å². The maximum Gasteiger partial charge on any atom is 0.340 e. The highest BCUT2D eigenvalue weighted by Gasteiger charge is 2.18. The Labute approximate surface area is 123 Å². The second-order valence-corrected chi connectivity index (χ2v) is 5.19. The van der Waals surface area contributed by atoms with Crippen molar-refractivity contribution in [2.24, 2.45) is 0 Å². The van der Waals surface area contributed by atoms with Crippen LogP contribution in [0.2, 0.25) is 0 Å². The molecule has 7 nitrogen and oxygen atoms in total. The van der Waals surface area contributed by atoms with Crippen molar-refractivity contribution in [2.75, 3.05) is 0 Å². The van der Waals surface area contributed by atoms with Gasteiger partial charge in [-0.15, -0.1) is 0 Å². The molecule has 0 aliphatic rings. The summed E-state index contributed by atoms with van der Waals surface area (Å²) in [6.45, 7) is 3.27. The van der Waals surface area contributed by atoms with Gasteiger partial charge in [0.25, 0.3) is 0 Å². The Hall–Kier alpha value is -2.35. The van der Waals surface area contributed by atoms with Crippen LogP contribution < -0.4 is 5.43 Å². The highest BCUT2D eigenvalue weighted by Crippen LogP contribution is 2.26. The molecule has 110 valence electrons. The van der Waals surface area contributed by atoms with Crippen molar-refractivity contribution in [3.63, 3.8) is 0 Å². The summed E-state index contributed by atoms with van der Waals surface area (Å²) in [4.78, 5) is 30.7. The summed E-state index contributed by atoms with van der Waals surface area (Å²) < 4.78 is 5.06. The van der Waals surface area contributed by atoms with Crippen LogP contribution in [0.15, 0.2) is 26.6 Å². The van der Waals surface area contributed by atoms with E-state index in [2.05, 4.69) is 9.97 Å². The average molecular weight is 308 g/mol. The van der Waals surface area contributed by atoms with Gasteiger partial charge in [0.2, 0.25) is 5.43 Å². The molecule has 0 aromatic carbocycles. The summed E-state index contributed by atoms with van der Waals surface area (Å²) >= 11 is 1.13. The van der Waals surface area contributed by atoms with Crippen molar-refractivity contribution in [1.29, 1.82) is 0 Å². The van der Waals surface area contributed by atoms with E-state index in [0.29, 0.717) is 22.3 Å². The molecule has 0 amide bonds. The first-order valence-corrected chi connectivity index (χ1v) is 6.89. The highest BCUT2D eigenvalue weighted by molar-refractivity contribution is 7.98. The Morgan fingerprint density at radius 2 is 2.10 bits per heavy atom. The number of thioether (sulfide) groups is 1. The topological polar surface area (TPSA) is 114 Å². The van der Waals surface area contributed by atoms with Gasteiger partial charge in [0.1, 0.15) is 28.4 Å². The zero-order valence-corrected chi connectivity index (χ0v) is 12.1. The molecule has 0 saturated carbocycles. The molecule has 2 aromatic rings. The number of rotatable bonds is 4. The lowest BCUT2D eigenvalue weighted by atomic mass is 10.2. The van der Waals surface area contributed by atoms with E-state index in [1.807, 2.05) is 0 Å². The SMILES string of the molecule is Cc1nc(C)c(C(=O)O)c(SCc2cc(=O)c(O)co2)n1. The van der Waals surface area contributed by atoms with E-state index >= 15 is 0 Å². The van der Waals surface area contributed by atoms with Gasteiger partial charge >= 0.3 is 5.97 Å². The monoisotopic (exact) mass is 308 g/mol. The molecule has 0 aliphatic heterocycles. The molecule has 0 fully saturated rings. The lowest BCUT2D eigenvalue weighted by Gasteiger charge is -2.08. The van der Waals surface area contributed by atoms with Crippen LogP contribution in [0, 0.1) is 13.8 Å². The van der Waals surface area contributed by atoms with Gasteiger partial charge in [-0.05, 0) is 13.8 Å². The fourth-order valence-corrected chi connectivity index (χ4v) is 2.70. The summed E-state index contributed by atoms with van der Waals surface area (Å²) in [5.41, 5.74) is -0.137. The van der Waals surface area contributed by atoms with E-state index in [9.17, 15) is 14.7 Å². The molecule has 2 heterocycles. The molecule has 8 heteroatoms. The molecule has 2 rings (SSSR count). The number of aromatic nitrogens is 2. The number of carbonyl (C=O) groups is 1. The zero-order chi connectivity index (χ0) is 15.6. The summed E-state index contributed by atoms with van der Waals surface area (Å²) in [6, 6.07) is 1.16. The molecule has 21 heavy (non-hydrogen) atoms. The highest BCUT2D eigenvalue weighted by atomic mass is 32.2. The van der Waals surface area contributed by atoms with Gasteiger partial charge in [0.15, 0.2) is 5.75 Å². The van der Waals surface area contributed by atoms with Crippen LogP contribution in [0.1, 0.15) is 27.6 Å². The van der Waals surface area contributed by atoms with Crippen LogP contribution in [0.25, 0.3) is 0 Å². The van der Waals surface area contributed by atoms with Crippen molar-refractivity contribution in [3.8, 4) is 5.75 Å². The number of carboxylic acids is 1. The van der Waals surface area contributed by atoms with Gasteiger partial charge < -0.3 is 14.6 Å². The van der Waals surface area contributed by atoms with Gasteiger partial charge in [-0.2, -0.15) is 0 Å². The zero-order valence-electron chi connectivity index (χ0n) is 11.3. The first-order valence-electron chi connectivity index (χ1n) is 5.90. The molecule has 2 aromatic heterocycles. The number of nitrogens with zero attached hydrogens (tertiary/aromatic N) is 2. The molecule has 0 saturated heterocycles. The fraction of sp³-hybridized carbons (Fsp3) is 0.231. The predicted molar refractivity (Wildman–Crippen MR) is 74.7 cm³/mol. The minimum Gasteiger partial charge on any atom is -0.502 e. The van der Waals surface area contributed by atoms with Crippen molar-refractivity contribution < 1.29 is 19.4 Å². The Bertz CT molecular complexity index is 757. The second kappa shape index (κ2) is 5.96. The first kappa shape index (κ1) is 15.0.